The second kappa shape index (κ2) is 7.85. The molecule has 1 aliphatic rings. The number of rotatable bonds is 5. The molecule has 0 amide bonds. The van der Waals surface area contributed by atoms with Crippen molar-refractivity contribution in [2.45, 2.75) is 25.7 Å². The van der Waals surface area contributed by atoms with Gasteiger partial charge in [0.25, 0.3) is 0 Å². The Bertz CT molecular complexity index is 589. The van der Waals surface area contributed by atoms with Crippen molar-refractivity contribution in [2.75, 3.05) is 19.7 Å². The Morgan fingerprint density at radius 3 is 2.26 bits per heavy atom. The fourth-order valence-electron chi connectivity index (χ4n) is 3.06. The summed E-state index contributed by atoms with van der Waals surface area (Å²) in [7, 11) is 0. The van der Waals surface area contributed by atoms with Crippen LogP contribution in [0.5, 0.6) is 5.75 Å². The third-order valence-corrected chi connectivity index (χ3v) is 4.72. The summed E-state index contributed by atoms with van der Waals surface area (Å²) in [6, 6.07) is 19.2. The third-order valence-electron chi connectivity index (χ3n) is 4.72. The van der Waals surface area contributed by atoms with Crippen molar-refractivity contribution in [3.05, 3.63) is 65.7 Å². The van der Waals surface area contributed by atoms with Gasteiger partial charge in [0.1, 0.15) is 5.75 Å². The summed E-state index contributed by atoms with van der Waals surface area (Å²) < 4.78 is 5.92. The van der Waals surface area contributed by atoms with Gasteiger partial charge in [-0.05, 0) is 36.2 Å². The van der Waals surface area contributed by atoms with Gasteiger partial charge in [-0.3, -0.25) is 0 Å². The smallest absolute Gasteiger partial charge is 0.119 e. The van der Waals surface area contributed by atoms with Crippen molar-refractivity contribution in [2.24, 2.45) is 5.92 Å². The first-order chi connectivity index (χ1) is 10.7. The van der Waals surface area contributed by atoms with Gasteiger partial charge in [0, 0.05) is 17.9 Å². The van der Waals surface area contributed by atoms with Crippen LogP contribution in [-0.2, 0) is 5.41 Å². The number of nitrogens with one attached hydrogen (secondary N) is 1. The molecule has 1 N–H and O–H groups in total. The fraction of sp³-hybridized carbons (Fsp3) is 0.400. The van der Waals surface area contributed by atoms with Crippen LogP contribution in [0.1, 0.15) is 31.4 Å². The monoisotopic (exact) mass is 331 g/mol. The largest absolute Gasteiger partial charge is 0.493 e. The van der Waals surface area contributed by atoms with Gasteiger partial charge >= 0.3 is 0 Å². The van der Waals surface area contributed by atoms with E-state index in [1.165, 1.54) is 17.5 Å². The molecule has 0 radical (unpaired) electrons. The molecule has 1 heterocycles. The van der Waals surface area contributed by atoms with E-state index in [0.29, 0.717) is 5.92 Å². The quantitative estimate of drug-likeness (QED) is 0.875. The van der Waals surface area contributed by atoms with Crippen LogP contribution >= 0.6 is 12.4 Å². The van der Waals surface area contributed by atoms with E-state index in [0.717, 1.165) is 25.4 Å². The van der Waals surface area contributed by atoms with E-state index in [4.69, 9.17) is 4.74 Å². The van der Waals surface area contributed by atoms with Gasteiger partial charge in [0.05, 0.1) is 6.61 Å². The number of hydrogen-bond donors (Lipinski definition) is 1. The Morgan fingerprint density at radius 1 is 1.00 bits per heavy atom. The van der Waals surface area contributed by atoms with E-state index in [1.807, 2.05) is 0 Å². The van der Waals surface area contributed by atoms with Crippen LogP contribution in [0.2, 0.25) is 0 Å². The maximum atomic E-state index is 5.92. The van der Waals surface area contributed by atoms with Crippen LogP contribution in [0.4, 0.5) is 0 Å². The van der Waals surface area contributed by atoms with Crippen LogP contribution in [-0.4, -0.2) is 19.7 Å². The highest BCUT2D eigenvalue weighted by Crippen LogP contribution is 2.32. The highest BCUT2D eigenvalue weighted by atomic mass is 35.5. The maximum absolute atomic E-state index is 5.92. The molecular formula is C20H26ClNO. The van der Waals surface area contributed by atoms with Gasteiger partial charge < -0.3 is 10.1 Å². The first-order valence-electron chi connectivity index (χ1n) is 8.16. The molecule has 0 bridgehead atoms. The van der Waals surface area contributed by atoms with Gasteiger partial charge in [0.2, 0.25) is 0 Å². The van der Waals surface area contributed by atoms with E-state index < -0.39 is 0 Å². The van der Waals surface area contributed by atoms with Crippen LogP contribution in [0.15, 0.2) is 54.6 Å². The zero-order valence-electron chi connectivity index (χ0n) is 13.9. The second-order valence-electron chi connectivity index (χ2n) is 6.69. The molecular weight excluding hydrogens is 306 g/mol. The van der Waals surface area contributed by atoms with Gasteiger partial charge in [-0.2, -0.15) is 0 Å². The lowest BCUT2D eigenvalue weighted by atomic mass is 9.78. The lowest BCUT2D eigenvalue weighted by Gasteiger charge is -2.26. The van der Waals surface area contributed by atoms with Crippen LogP contribution in [0.25, 0.3) is 0 Å². The van der Waals surface area contributed by atoms with E-state index in [2.05, 4.69) is 73.8 Å². The minimum Gasteiger partial charge on any atom is -0.493 e. The number of benzene rings is 2. The fourth-order valence-corrected chi connectivity index (χ4v) is 3.06. The van der Waals surface area contributed by atoms with Gasteiger partial charge in [-0.1, -0.05) is 56.3 Å². The van der Waals surface area contributed by atoms with Crippen LogP contribution < -0.4 is 10.1 Å². The zero-order chi connectivity index (χ0) is 15.4. The summed E-state index contributed by atoms with van der Waals surface area (Å²) in [6.07, 6.45) is 1.22. The molecule has 23 heavy (non-hydrogen) atoms. The van der Waals surface area contributed by atoms with Crippen molar-refractivity contribution in [3.63, 3.8) is 0 Å². The molecule has 1 aliphatic heterocycles. The lowest BCUT2D eigenvalue weighted by Crippen LogP contribution is -2.19. The molecule has 1 fully saturated rings. The minimum absolute atomic E-state index is 0. The van der Waals surface area contributed by atoms with Gasteiger partial charge in [0.15, 0.2) is 0 Å². The minimum atomic E-state index is 0. The zero-order valence-corrected chi connectivity index (χ0v) is 14.7. The van der Waals surface area contributed by atoms with Crippen molar-refractivity contribution in [1.29, 1.82) is 0 Å². The molecule has 0 aliphatic carbocycles. The summed E-state index contributed by atoms with van der Waals surface area (Å²) in [5.74, 6) is 1.62. The first kappa shape index (κ1) is 17.8. The first-order valence-corrected chi connectivity index (χ1v) is 8.16. The van der Waals surface area contributed by atoms with E-state index in [-0.39, 0.29) is 17.8 Å². The molecule has 3 heteroatoms. The highest BCUT2D eigenvalue weighted by molar-refractivity contribution is 5.85. The topological polar surface area (TPSA) is 21.3 Å². The Labute approximate surface area is 145 Å². The average Bonchev–Trinajstić information content (AvgIpc) is 3.08. The van der Waals surface area contributed by atoms with Gasteiger partial charge in [-0.25, -0.2) is 0 Å². The summed E-state index contributed by atoms with van der Waals surface area (Å²) in [4.78, 5) is 0. The maximum Gasteiger partial charge on any atom is 0.119 e. The molecule has 1 atom stereocenters. The van der Waals surface area contributed by atoms with Crippen LogP contribution in [0, 0.1) is 5.92 Å². The molecule has 0 aromatic heterocycles. The normalized spacial score (nSPS) is 17.6. The SMILES string of the molecule is CC(C)(c1ccccc1)c1ccc(OCC2CCNC2)cc1.Cl. The predicted octanol–water partition coefficient (Wildman–Crippen LogP) is 4.42. The van der Waals surface area contributed by atoms with Gasteiger partial charge in [-0.15, -0.1) is 12.4 Å². The summed E-state index contributed by atoms with van der Waals surface area (Å²) in [6.45, 7) is 7.55. The van der Waals surface area contributed by atoms with Crippen LogP contribution in [0.3, 0.4) is 0 Å². The number of ether oxygens (including phenoxy) is 1. The highest BCUT2D eigenvalue weighted by Gasteiger charge is 2.22. The van der Waals surface area contributed by atoms with Crippen molar-refractivity contribution in [1.82, 2.24) is 5.32 Å². The Kier molecular flexibility index (Phi) is 6.09. The summed E-state index contributed by atoms with van der Waals surface area (Å²) in [5.41, 5.74) is 2.66. The molecule has 0 spiro atoms. The Balaban J connectivity index is 0.00000192. The standard InChI is InChI=1S/C20H25NO.ClH/c1-20(2,17-6-4-3-5-7-17)18-8-10-19(11-9-18)22-15-16-12-13-21-14-16;/h3-11,16,21H,12-15H2,1-2H3;1H. The Hall–Kier alpha value is -1.51. The molecule has 1 unspecified atom stereocenters. The third kappa shape index (κ3) is 4.27. The van der Waals surface area contributed by atoms with E-state index in [1.54, 1.807) is 0 Å². The number of halogens is 1. The average molecular weight is 332 g/mol. The predicted molar refractivity (Wildman–Crippen MR) is 98.7 cm³/mol. The van der Waals surface area contributed by atoms with E-state index >= 15 is 0 Å². The Morgan fingerprint density at radius 2 is 1.65 bits per heavy atom. The van der Waals surface area contributed by atoms with Crippen molar-refractivity contribution >= 4 is 12.4 Å². The molecule has 124 valence electrons. The molecule has 2 aromatic carbocycles. The number of hydrogen-bond acceptors (Lipinski definition) is 2. The summed E-state index contributed by atoms with van der Waals surface area (Å²) >= 11 is 0. The molecule has 0 saturated carbocycles. The van der Waals surface area contributed by atoms with Crippen molar-refractivity contribution < 1.29 is 4.74 Å². The molecule has 2 aromatic rings. The van der Waals surface area contributed by atoms with Crippen molar-refractivity contribution in [3.8, 4) is 5.75 Å². The molecule has 1 saturated heterocycles. The molecule has 3 rings (SSSR count). The lowest BCUT2D eigenvalue weighted by molar-refractivity contribution is 0.260. The van der Waals surface area contributed by atoms with E-state index in [9.17, 15) is 0 Å². The second-order valence-corrected chi connectivity index (χ2v) is 6.69. The molecule has 2 nitrogen and oxygen atoms in total. The summed E-state index contributed by atoms with van der Waals surface area (Å²) in [5, 5.41) is 3.38.